The third kappa shape index (κ3) is 4.27. The molecule has 27 heavy (non-hydrogen) atoms. The van der Waals surface area contributed by atoms with Crippen LogP contribution in [0.1, 0.15) is 5.56 Å². The molecule has 0 saturated carbocycles. The quantitative estimate of drug-likeness (QED) is 0.610. The highest BCUT2D eigenvalue weighted by Crippen LogP contribution is 2.28. The lowest BCUT2D eigenvalue weighted by atomic mass is 10.1. The summed E-state index contributed by atoms with van der Waals surface area (Å²) in [4.78, 5) is 0.190. The molecule has 0 spiro atoms. The Labute approximate surface area is 164 Å². The average Bonchev–Trinajstić information content (AvgIpc) is 2.66. The molecule has 0 atom stereocenters. The maximum atomic E-state index is 12.8. The highest BCUT2D eigenvalue weighted by atomic mass is 35.5. The Balaban J connectivity index is 0.00000261. The molecule has 0 unspecified atom stereocenters. The fraction of sp³-hybridized carbons (Fsp3) is 0.158. The molecule has 3 rings (SSSR count). The maximum Gasteiger partial charge on any atom is 0.241 e. The van der Waals surface area contributed by atoms with Gasteiger partial charge >= 0.3 is 0 Å². The Hall–Kier alpha value is -2.48. The van der Waals surface area contributed by atoms with E-state index in [0.29, 0.717) is 33.5 Å². The Morgan fingerprint density at radius 3 is 2.37 bits per heavy atom. The fourth-order valence-electron chi connectivity index (χ4n) is 2.79. The zero-order chi connectivity index (χ0) is 18.7. The summed E-state index contributed by atoms with van der Waals surface area (Å²) in [6.45, 7) is 0.0915. The molecule has 6 nitrogen and oxygen atoms in total. The van der Waals surface area contributed by atoms with Crippen LogP contribution in [0, 0.1) is 0 Å². The number of benzene rings is 3. The van der Waals surface area contributed by atoms with Crippen LogP contribution in [0.2, 0.25) is 0 Å². The van der Waals surface area contributed by atoms with Crippen molar-refractivity contribution in [1.82, 2.24) is 4.72 Å². The van der Waals surface area contributed by atoms with Crippen LogP contribution in [0.25, 0.3) is 10.8 Å². The Bertz CT molecular complexity index is 1050. The SMILES string of the molecule is COc1ccc(CNS(=O)(=O)c2cccc3c(N)cccc23)c(OC)c1.Cl. The molecule has 0 bridgehead atoms. The molecule has 0 heterocycles. The highest BCUT2D eigenvalue weighted by molar-refractivity contribution is 7.89. The molecule has 0 aliphatic heterocycles. The minimum atomic E-state index is -3.73. The zero-order valence-corrected chi connectivity index (χ0v) is 16.6. The number of sulfonamides is 1. The van der Waals surface area contributed by atoms with Gasteiger partial charge in [0.25, 0.3) is 0 Å². The number of nitrogens with one attached hydrogen (secondary N) is 1. The number of nitrogens with two attached hydrogens (primary N) is 1. The topological polar surface area (TPSA) is 90.7 Å². The zero-order valence-electron chi connectivity index (χ0n) is 14.9. The van der Waals surface area contributed by atoms with Gasteiger partial charge in [-0.3, -0.25) is 0 Å². The summed E-state index contributed by atoms with van der Waals surface area (Å²) in [5.74, 6) is 1.19. The largest absolute Gasteiger partial charge is 0.497 e. The number of hydrogen-bond donors (Lipinski definition) is 2. The van der Waals surface area contributed by atoms with Gasteiger partial charge in [0.15, 0.2) is 0 Å². The lowest BCUT2D eigenvalue weighted by Gasteiger charge is -2.13. The molecule has 3 aromatic rings. The van der Waals surface area contributed by atoms with Gasteiger partial charge in [0, 0.05) is 34.6 Å². The van der Waals surface area contributed by atoms with Gasteiger partial charge in [-0.15, -0.1) is 12.4 Å². The third-order valence-corrected chi connectivity index (χ3v) is 5.61. The number of methoxy groups -OCH3 is 2. The van der Waals surface area contributed by atoms with Crippen molar-refractivity contribution in [2.24, 2.45) is 0 Å². The number of nitrogen functional groups attached to an aromatic ring is 1. The van der Waals surface area contributed by atoms with Crippen LogP contribution in [0.3, 0.4) is 0 Å². The van der Waals surface area contributed by atoms with Crippen molar-refractivity contribution in [2.45, 2.75) is 11.4 Å². The first-order chi connectivity index (χ1) is 12.5. The van der Waals surface area contributed by atoms with Gasteiger partial charge in [0.05, 0.1) is 19.1 Å². The van der Waals surface area contributed by atoms with Gasteiger partial charge in [-0.2, -0.15) is 0 Å². The van der Waals surface area contributed by atoms with Crippen LogP contribution in [-0.2, 0) is 16.6 Å². The molecule has 0 fully saturated rings. The lowest BCUT2D eigenvalue weighted by molar-refractivity contribution is 0.390. The van der Waals surface area contributed by atoms with Crippen LogP contribution in [0.5, 0.6) is 11.5 Å². The van der Waals surface area contributed by atoms with Crippen LogP contribution in [0.15, 0.2) is 59.5 Å². The predicted octanol–water partition coefficient (Wildman–Crippen LogP) is 3.34. The van der Waals surface area contributed by atoms with Gasteiger partial charge in [0.1, 0.15) is 11.5 Å². The monoisotopic (exact) mass is 408 g/mol. The summed E-state index contributed by atoms with van der Waals surface area (Å²) in [7, 11) is -0.648. The number of ether oxygens (including phenoxy) is 2. The normalized spacial score (nSPS) is 11.0. The molecule has 3 aromatic carbocycles. The van der Waals surface area contributed by atoms with Crippen molar-refractivity contribution in [3.8, 4) is 11.5 Å². The summed E-state index contributed by atoms with van der Waals surface area (Å²) in [6.07, 6.45) is 0. The molecule has 144 valence electrons. The molecular weight excluding hydrogens is 388 g/mol. The predicted molar refractivity (Wildman–Crippen MR) is 109 cm³/mol. The number of rotatable bonds is 6. The number of halogens is 1. The van der Waals surface area contributed by atoms with Gasteiger partial charge in [-0.1, -0.05) is 30.3 Å². The van der Waals surface area contributed by atoms with Crippen LogP contribution in [0.4, 0.5) is 5.69 Å². The van der Waals surface area contributed by atoms with E-state index in [1.807, 2.05) is 0 Å². The first-order valence-corrected chi connectivity index (χ1v) is 9.42. The Kier molecular flexibility index (Phi) is 6.54. The van der Waals surface area contributed by atoms with Crippen LogP contribution >= 0.6 is 12.4 Å². The summed E-state index contributed by atoms with van der Waals surface area (Å²) < 4.78 is 38.8. The molecule has 8 heteroatoms. The van der Waals surface area contributed by atoms with E-state index in [2.05, 4.69) is 4.72 Å². The standard InChI is InChI=1S/C19H20N2O4S.ClH/c1-24-14-10-9-13(18(11-14)25-2)12-21-26(22,23)19-8-4-5-15-16(19)6-3-7-17(15)20;/h3-11,21H,12,20H2,1-2H3;1H. The second-order valence-corrected chi connectivity index (χ2v) is 7.44. The highest BCUT2D eigenvalue weighted by Gasteiger charge is 2.18. The van der Waals surface area contributed by atoms with E-state index in [-0.39, 0.29) is 23.8 Å². The van der Waals surface area contributed by atoms with Crippen molar-refractivity contribution in [1.29, 1.82) is 0 Å². The second kappa shape index (κ2) is 8.47. The molecule has 0 amide bonds. The van der Waals surface area contributed by atoms with Gasteiger partial charge in [-0.05, 0) is 18.2 Å². The average molecular weight is 409 g/mol. The smallest absolute Gasteiger partial charge is 0.241 e. The molecule has 0 aromatic heterocycles. The summed E-state index contributed by atoms with van der Waals surface area (Å²) in [6, 6.07) is 15.5. The Morgan fingerprint density at radius 1 is 0.963 bits per heavy atom. The second-order valence-electron chi connectivity index (χ2n) is 5.70. The first-order valence-electron chi connectivity index (χ1n) is 7.94. The van der Waals surface area contributed by atoms with Gasteiger partial charge in [-0.25, -0.2) is 13.1 Å². The molecule has 0 aliphatic rings. The van der Waals surface area contributed by atoms with Crippen molar-refractivity contribution in [3.63, 3.8) is 0 Å². The van der Waals surface area contributed by atoms with Crippen molar-refractivity contribution in [3.05, 3.63) is 60.2 Å². The van der Waals surface area contributed by atoms with Crippen LogP contribution < -0.4 is 19.9 Å². The molecule has 0 aliphatic carbocycles. The number of anilines is 1. The summed E-state index contributed by atoms with van der Waals surface area (Å²) in [5, 5.41) is 1.29. The van der Waals surface area contributed by atoms with E-state index in [4.69, 9.17) is 15.2 Å². The van der Waals surface area contributed by atoms with Crippen LogP contribution in [-0.4, -0.2) is 22.6 Å². The molecular formula is C19H21ClN2O4S. The van der Waals surface area contributed by atoms with E-state index in [9.17, 15) is 8.42 Å². The van der Waals surface area contributed by atoms with Crippen molar-refractivity contribution < 1.29 is 17.9 Å². The van der Waals surface area contributed by atoms with E-state index in [0.717, 1.165) is 0 Å². The fourth-order valence-corrected chi connectivity index (χ4v) is 4.01. The maximum absolute atomic E-state index is 12.8. The molecule has 0 saturated heterocycles. The lowest BCUT2D eigenvalue weighted by Crippen LogP contribution is -2.23. The molecule has 3 N–H and O–H groups in total. The van der Waals surface area contributed by atoms with E-state index in [1.54, 1.807) is 61.7 Å². The summed E-state index contributed by atoms with van der Waals surface area (Å²) in [5.41, 5.74) is 7.20. The molecule has 0 radical (unpaired) electrons. The first kappa shape index (κ1) is 20.8. The number of fused-ring (bicyclic) bond motifs is 1. The third-order valence-electron chi connectivity index (χ3n) is 4.15. The van der Waals surface area contributed by atoms with Gasteiger partial charge < -0.3 is 15.2 Å². The van der Waals surface area contributed by atoms with E-state index < -0.39 is 10.0 Å². The Morgan fingerprint density at radius 2 is 1.67 bits per heavy atom. The minimum absolute atomic E-state index is 0. The van der Waals surface area contributed by atoms with E-state index in [1.165, 1.54) is 7.11 Å². The van der Waals surface area contributed by atoms with Crippen molar-refractivity contribution >= 4 is 38.9 Å². The minimum Gasteiger partial charge on any atom is -0.497 e. The van der Waals surface area contributed by atoms with Crippen molar-refractivity contribution in [2.75, 3.05) is 20.0 Å². The summed E-state index contributed by atoms with van der Waals surface area (Å²) >= 11 is 0. The van der Waals surface area contributed by atoms with E-state index >= 15 is 0 Å². The van der Waals surface area contributed by atoms with Gasteiger partial charge in [0.2, 0.25) is 10.0 Å². The number of hydrogen-bond acceptors (Lipinski definition) is 5.